The third kappa shape index (κ3) is 4.14. The molecule has 0 spiro atoms. The Kier molecular flexibility index (Phi) is 5.84. The second-order valence-corrected chi connectivity index (χ2v) is 14.4. The first-order valence-electron chi connectivity index (χ1n) is 18.3. The second kappa shape index (κ2) is 10.8. The molecule has 1 aromatic heterocycles. The van der Waals surface area contributed by atoms with Crippen molar-refractivity contribution in [3.8, 4) is 33.4 Å². The molecule has 11 aromatic carbocycles. The summed E-state index contributed by atoms with van der Waals surface area (Å²) >= 11 is 0. The molecule has 0 aliphatic rings. The highest BCUT2D eigenvalue weighted by Crippen LogP contribution is 2.45. The highest BCUT2D eigenvalue weighted by molar-refractivity contribution is 6.26. The Morgan fingerprint density at radius 2 is 0.849 bits per heavy atom. The molecule has 1 heterocycles. The van der Waals surface area contributed by atoms with E-state index in [4.69, 9.17) is 4.42 Å². The van der Waals surface area contributed by atoms with Crippen molar-refractivity contribution in [1.82, 2.24) is 0 Å². The maximum absolute atomic E-state index is 6.97. The Labute approximate surface area is 305 Å². The normalized spacial score (nSPS) is 12.2. The van der Waals surface area contributed by atoms with Gasteiger partial charge in [0.2, 0.25) is 0 Å². The second-order valence-electron chi connectivity index (χ2n) is 14.4. The van der Waals surface area contributed by atoms with Crippen LogP contribution in [-0.4, -0.2) is 0 Å². The molecule has 1 heteroatoms. The van der Waals surface area contributed by atoms with Gasteiger partial charge in [0.15, 0.2) is 0 Å². The average Bonchev–Trinajstić information content (AvgIpc) is 3.61. The lowest BCUT2D eigenvalue weighted by molar-refractivity contribution is 0.674. The lowest BCUT2D eigenvalue weighted by Crippen LogP contribution is -1.88. The third-order valence-corrected chi connectivity index (χ3v) is 11.6. The zero-order valence-electron chi connectivity index (χ0n) is 28.7. The van der Waals surface area contributed by atoms with Crippen LogP contribution in [0.15, 0.2) is 186 Å². The molecular formula is C52H30O. The molecule has 0 saturated carbocycles. The first-order chi connectivity index (χ1) is 26.3. The van der Waals surface area contributed by atoms with Crippen molar-refractivity contribution in [2.45, 2.75) is 0 Å². The molecule has 12 rings (SSSR count). The maximum atomic E-state index is 6.97. The summed E-state index contributed by atoms with van der Waals surface area (Å²) in [5, 5.41) is 17.4. The van der Waals surface area contributed by atoms with Gasteiger partial charge in [-0.2, -0.15) is 0 Å². The van der Waals surface area contributed by atoms with Crippen molar-refractivity contribution in [1.29, 1.82) is 0 Å². The molecule has 1 nitrogen and oxygen atoms in total. The zero-order valence-corrected chi connectivity index (χ0v) is 28.7. The third-order valence-electron chi connectivity index (χ3n) is 11.6. The van der Waals surface area contributed by atoms with Crippen LogP contribution in [-0.2, 0) is 0 Å². The smallest absolute Gasteiger partial charge is 0.143 e. The zero-order chi connectivity index (χ0) is 34.6. The predicted octanol–water partition coefficient (Wildman–Crippen LogP) is 14.9. The standard InChI is InChI=1S/C52H30O/c1-4-13-41-32(8-1)22-27-45-47-29-38(30-48(52(47)53-51(41)45)46-28-37-9-2-3-12-39(37)42-14-5-6-15-43(42)46)31-16-18-33(19-17-31)40-25-23-36-21-20-34-10-7-11-35-24-26-44(40)50(36)49(34)35/h1-30H. The molecule has 0 radical (unpaired) electrons. The van der Waals surface area contributed by atoms with Crippen LogP contribution in [0, 0.1) is 0 Å². The molecule has 244 valence electrons. The van der Waals surface area contributed by atoms with Crippen LogP contribution in [0.2, 0.25) is 0 Å². The van der Waals surface area contributed by atoms with Gasteiger partial charge in [0, 0.05) is 21.7 Å². The fourth-order valence-electron chi connectivity index (χ4n) is 9.08. The van der Waals surface area contributed by atoms with Gasteiger partial charge in [-0.1, -0.05) is 158 Å². The molecular weight excluding hydrogens is 641 g/mol. The summed E-state index contributed by atoms with van der Waals surface area (Å²) in [6.07, 6.45) is 0. The van der Waals surface area contributed by atoms with Gasteiger partial charge in [-0.15, -0.1) is 0 Å². The summed E-state index contributed by atoms with van der Waals surface area (Å²) in [5.74, 6) is 0. The highest BCUT2D eigenvalue weighted by atomic mass is 16.3. The van der Waals surface area contributed by atoms with E-state index in [0.29, 0.717) is 0 Å². The molecule has 0 N–H and O–H groups in total. The van der Waals surface area contributed by atoms with Gasteiger partial charge in [-0.25, -0.2) is 0 Å². The minimum absolute atomic E-state index is 0.922. The van der Waals surface area contributed by atoms with Crippen LogP contribution in [0.1, 0.15) is 0 Å². The van der Waals surface area contributed by atoms with Crippen LogP contribution < -0.4 is 0 Å². The van der Waals surface area contributed by atoms with E-state index in [1.54, 1.807) is 0 Å². The summed E-state index contributed by atoms with van der Waals surface area (Å²) in [5.41, 5.74) is 8.96. The Morgan fingerprint density at radius 3 is 1.68 bits per heavy atom. The number of hydrogen-bond acceptors (Lipinski definition) is 1. The van der Waals surface area contributed by atoms with E-state index in [1.165, 1.54) is 87.1 Å². The fourth-order valence-corrected chi connectivity index (χ4v) is 9.08. The molecule has 53 heavy (non-hydrogen) atoms. The molecule has 0 unspecified atom stereocenters. The van der Waals surface area contributed by atoms with Crippen molar-refractivity contribution >= 4 is 86.6 Å². The molecule has 0 bridgehead atoms. The predicted molar refractivity (Wildman–Crippen MR) is 226 cm³/mol. The molecule has 0 aliphatic heterocycles. The quantitative estimate of drug-likeness (QED) is 0.171. The Bertz CT molecular complexity index is 3420. The van der Waals surface area contributed by atoms with Crippen molar-refractivity contribution in [3.05, 3.63) is 182 Å². The molecule has 0 aliphatic carbocycles. The summed E-state index contributed by atoms with van der Waals surface area (Å²) in [6.45, 7) is 0. The minimum Gasteiger partial charge on any atom is -0.455 e. The fraction of sp³-hybridized carbons (Fsp3) is 0. The van der Waals surface area contributed by atoms with E-state index in [0.717, 1.165) is 32.9 Å². The summed E-state index contributed by atoms with van der Waals surface area (Å²) in [4.78, 5) is 0. The number of rotatable bonds is 3. The minimum atomic E-state index is 0.922. The van der Waals surface area contributed by atoms with Crippen LogP contribution in [0.3, 0.4) is 0 Å². The summed E-state index contributed by atoms with van der Waals surface area (Å²) in [6, 6.07) is 66.8. The number of fused-ring (bicyclic) bond motifs is 8. The van der Waals surface area contributed by atoms with Crippen LogP contribution in [0.4, 0.5) is 0 Å². The highest BCUT2D eigenvalue weighted by Gasteiger charge is 2.20. The number of hydrogen-bond donors (Lipinski definition) is 0. The molecule has 0 amide bonds. The topological polar surface area (TPSA) is 13.1 Å². The largest absolute Gasteiger partial charge is 0.455 e. The first-order valence-corrected chi connectivity index (χ1v) is 18.3. The summed E-state index contributed by atoms with van der Waals surface area (Å²) < 4.78 is 6.97. The van der Waals surface area contributed by atoms with Crippen LogP contribution >= 0.6 is 0 Å². The van der Waals surface area contributed by atoms with Crippen molar-refractivity contribution < 1.29 is 4.42 Å². The Morgan fingerprint density at radius 1 is 0.245 bits per heavy atom. The SMILES string of the molecule is c1ccc2c(c1)cc(-c1cc(-c3ccc(-c4ccc5ccc6cccc7ccc4c5c67)cc3)cc3c1oc1c4ccccc4ccc31)c1ccccc12. The van der Waals surface area contributed by atoms with E-state index < -0.39 is 0 Å². The average molecular weight is 671 g/mol. The van der Waals surface area contributed by atoms with Gasteiger partial charge in [0.05, 0.1) is 0 Å². The van der Waals surface area contributed by atoms with Crippen LogP contribution in [0.5, 0.6) is 0 Å². The molecule has 0 saturated heterocycles. The van der Waals surface area contributed by atoms with Gasteiger partial charge < -0.3 is 4.42 Å². The van der Waals surface area contributed by atoms with Gasteiger partial charge >= 0.3 is 0 Å². The van der Waals surface area contributed by atoms with Crippen molar-refractivity contribution in [3.63, 3.8) is 0 Å². The Balaban J connectivity index is 1.09. The lowest BCUT2D eigenvalue weighted by atomic mass is 9.88. The van der Waals surface area contributed by atoms with E-state index in [-0.39, 0.29) is 0 Å². The first kappa shape index (κ1) is 28.7. The van der Waals surface area contributed by atoms with E-state index in [9.17, 15) is 0 Å². The maximum Gasteiger partial charge on any atom is 0.143 e. The van der Waals surface area contributed by atoms with Gasteiger partial charge in [0.25, 0.3) is 0 Å². The van der Waals surface area contributed by atoms with Gasteiger partial charge in [-0.05, 0) is 111 Å². The Hall–Kier alpha value is -6.96. The molecule has 0 fully saturated rings. The van der Waals surface area contributed by atoms with Gasteiger partial charge in [0.1, 0.15) is 11.2 Å². The molecule has 0 atom stereocenters. The number of benzene rings is 11. The number of furan rings is 1. The van der Waals surface area contributed by atoms with Crippen molar-refractivity contribution in [2.75, 3.05) is 0 Å². The van der Waals surface area contributed by atoms with Gasteiger partial charge in [-0.3, -0.25) is 0 Å². The summed E-state index contributed by atoms with van der Waals surface area (Å²) in [7, 11) is 0. The monoisotopic (exact) mass is 670 g/mol. The van der Waals surface area contributed by atoms with Crippen LogP contribution in [0.25, 0.3) is 120 Å². The van der Waals surface area contributed by atoms with Crippen molar-refractivity contribution in [2.24, 2.45) is 0 Å². The van der Waals surface area contributed by atoms with E-state index in [2.05, 4.69) is 182 Å². The molecule has 12 aromatic rings. The van der Waals surface area contributed by atoms with E-state index >= 15 is 0 Å². The lowest BCUT2D eigenvalue weighted by Gasteiger charge is -2.15. The van der Waals surface area contributed by atoms with E-state index in [1.807, 2.05) is 0 Å².